The lowest BCUT2D eigenvalue weighted by Crippen LogP contribution is -2.50. The number of hydrogen-bond acceptors (Lipinski definition) is 5. The Labute approximate surface area is 72.4 Å². The van der Waals surface area contributed by atoms with E-state index in [0.717, 1.165) is 0 Å². The summed E-state index contributed by atoms with van der Waals surface area (Å²) in [6.45, 7) is -1.21. The van der Waals surface area contributed by atoms with Gasteiger partial charge in [-0.3, -0.25) is 0 Å². The van der Waals surface area contributed by atoms with Gasteiger partial charge < -0.3 is 26.8 Å². The van der Waals surface area contributed by atoms with E-state index in [9.17, 15) is 0 Å². The highest BCUT2D eigenvalue weighted by molar-refractivity contribution is 5.85. The zero-order chi connectivity index (χ0) is 8.62. The molecular weight excluding hydrogens is 172 g/mol. The summed E-state index contributed by atoms with van der Waals surface area (Å²) >= 11 is 0. The summed E-state index contributed by atoms with van der Waals surface area (Å²) in [5.74, 6) is 0. The first-order valence-electron chi connectivity index (χ1n) is 2.88. The molecule has 0 aromatic heterocycles. The first kappa shape index (κ1) is 17.3. The highest BCUT2D eigenvalue weighted by atomic mass is 35.5. The van der Waals surface area contributed by atoms with Crippen LogP contribution in [0, 0.1) is 0 Å². The second-order valence-corrected chi connectivity index (χ2v) is 1.84. The predicted molar refractivity (Wildman–Crippen MR) is 45.5 cm³/mol. The van der Waals surface area contributed by atoms with Crippen molar-refractivity contribution in [3.05, 3.63) is 0 Å². The summed E-state index contributed by atoms with van der Waals surface area (Å²) in [5, 5.41) is 25.0. The molecule has 0 aromatic carbocycles. The van der Waals surface area contributed by atoms with Crippen molar-refractivity contribution < 1.29 is 15.3 Å². The Hall–Kier alpha value is 0.0900. The Morgan fingerprint density at radius 3 is 1.18 bits per heavy atom. The Kier molecular flexibility index (Phi) is 15.8. The van der Waals surface area contributed by atoms with E-state index in [1.54, 1.807) is 0 Å². The van der Waals surface area contributed by atoms with Crippen molar-refractivity contribution >= 4 is 12.4 Å². The van der Waals surface area contributed by atoms with Gasteiger partial charge in [0, 0.05) is 0 Å². The van der Waals surface area contributed by atoms with Crippen LogP contribution in [0.2, 0.25) is 0 Å². The molecule has 0 fully saturated rings. The van der Waals surface area contributed by atoms with Gasteiger partial charge in [0.2, 0.25) is 0 Å². The standard InChI is InChI=1S/C4H11NO3.CH5N.ClH/c5-4(1-6,2-7)3-8;1-2;/h6-8H,1-3,5H2;2H2,1H3;1H. The number of nitrogens with two attached hydrogens (primary N) is 2. The smallest absolute Gasteiger partial charge is 0.0856 e. The van der Waals surface area contributed by atoms with Crippen LogP contribution in [0.5, 0.6) is 0 Å². The van der Waals surface area contributed by atoms with Crippen molar-refractivity contribution in [3.8, 4) is 0 Å². The number of aliphatic hydroxyl groups excluding tert-OH is 3. The zero-order valence-electron chi connectivity index (χ0n) is 6.53. The number of rotatable bonds is 3. The topological polar surface area (TPSA) is 113 Å². The van der Waals surface area contributed by atoms with Crippen LogP contribution in [0.15, 0.2) is 0 Å². The van der Waals surface area contributed by atoms with E-state index in [-0.39, 0.29) is 12.4 Å². The lowest BCUT2D eigenvalue weighted by Gasteiger charge is -2.20. The minimum absolute atomic E-state index is 0. The highest BCUT2D eigenvalue weighted by Crippen LogP contribution is 1.93. The van der Waals surface area contributed by atoms with E-state index in [2.05, 4.69) is 5.73 Å². The third-order valence-corrected chi connectivity index (χ3v) is 0.945. The maximum atomic E-state index is 8.34. The molecule has 0 amide bonds. The van der Waals surface area contributed by atoms with Crippen LogP contribution in [0.25, 0.3) is 0 Å². The van der Waals surface area contributed by atoms with Gasteiger partial charge in [0.1, 0.15) is 0 Å². The van der Waals surface area contributed by atoms with Gasteiger partial charge in [-0.1, -0.05) is 0 Å². The predicted octanol–water partition coefficient (Wildman–Crippen LogP) is -2.34. The van der Waals surface area contributed by atoms with Crippen molar-refractivity contribution in [2.45, 2.75) is 5.54 Å². The third-order valence-electron chi connectivity index (χ3n) is 0.945. The van der Waals surface area contributed by atoms with Crippen LogP contribution < -0.4 is 11.5 Å². The molecule has 5 nitrogen and oxygen atoms in total. The fourth-order valence-corrected chi connectivity index (χ4v) is 0.150. The van der Waals surface area contributed by atoms with Crippen molar-refractivity contribution in [2.24, 2.45) is 11.5 Å². The van der Waals surface area contributed by atoms with Crippen LogP contribution in [-0.2, 0) is 0 Å². The molecule has 0 heterocycles. The van der Waals surface area contributed by atoms with Gasteiger partial charge in [-0.25, -0.2) is 0 Å². The first-order chi connectivity index (χ1) is 4.68. The molecular formula is C5H17ClN2O3. The fraction of sp³-hybridized carbons (Fsp3) is 1.00. The second-order valence-electron chi connectivity index (χ2n) is 1.84. The molecule has 0 rings (SSSR count). The molecule has 0 bridgehead atoms. The van der Waals surface area contributed by atoms with Crippen LogP contribution in [0.1, 0.15) is 0 Å². The van der Waals surface area contributed by atoms with E-state index < -0.39 is 25.4 Å². The van der Waals surface area contributed by atoms with E-state index in [1.807, 2.05) is 0 Å². The van der Waals surface area contributed by atoms with Crippen molar-refractivity contribution in [2.75, 3.05) is 26.9 Å². The van der Waals surface area contributed by atoms with Crippen LogP contribution in [0.4, 0.5) is 0 Å². The Balaban J connectivity index is -0.000000196. The largest absolute Gasteiger partial charge is 0.394 e. The van der Waals surface area contributed by atoms with Gasteiger partial charge in [0.15, 0.2) is 0 Å². The van der Waals surface area contributed by atoms with Crippen molar-refractivity contribution in [3.63, 3.8) is 0 Å². The third kappa shape index (κ3) is 7.99. The normalized spacial score (nSPS) is 9.27. The highest BCUT2D eigenvalue weighted by Gasteiger charge is 2.20. The quantitative estimate of drug-likeness (QED) is 0.341. The molecule has 0 radical (unpaired) electrons. The van der Waals surface area contributed by atoms with E-state index in [4.69, 9.17) is 21.1 Å². The minimum atomic E-state index is -1.21. The molecule has 0 aliphatic rings. The maximum Gasteiger partial charge on any atom is 0.0856 e. The molecule has 0 aliphatic carbocycles. The Morgan fingerprint density at radius 1 is 1.00 bits per heavy atom. The van der Waals surface area contributed by atoms with Crippen LogP contribution in [0.3, 0.4) is 0 Å². The number of hydrogen-bond donors (Lipinski definition) is 5. The molecule has 0 saturated carbocycles. The molecule has 0 unspecified atom stereocenters. The summed E-state index contributed by atoms with van der Waals surface area (Å²) < 4.78 is 0. The maximum absolute atomic E-state index is 8.34. The summed E-state index contributed by atoms with van der Waals surface area (Å²) in [7, 11) is 1.50. The lowest BCUT2D eigenvalue weighted by atomic mass is 10.1. The fourth-order valence-electron chi connectivity index (χ4n) is 0.150. The Bertz CT molecular complexity index is 62.5. The summed E-state index contributed by atoms with van der Waals surface area (Å²) in [4.78, 5) is 0. The molecule has 0 atom stereocenters. The summed E-state index contributed by atoms with van der Waals surface area (Å²) in [6.07, 6.45) is 0. The molecule has 0 saturated heterocycles. The van der Waals surface area contributed by atoms with Crippen molar-refractivity contribution in [1.82, 2.24) is 0 Å². The van der Waals surface area contributed by atoms with Crippen molar-refractivity contribution in [1.29, 1.82) is 0 Å². The SMILES string of the molecule is CN.Cl.NC(CO)(CO)CO. The molecule has 0 spiro atoms. The molecule has 6 heteroatoms. The van der Waals surface area contributed by atoms with Gasteiger partial charge in [-0.15, -0.1) is 12.4 Å². The molecule has 0 aliphatic heterocycles. The zero-order valence-corrected chi connectivity index (χ0v) is 7.34. The van der Waals surface area contributed by atoms with E-state index in [0.29, 0.717) is 0 Å². The average Bonchev–Trinajstić information content (AvgIpc) is 2.07. The molecule has 7 N–H and O–H groups in total. The molecule has 11 heavy (non-hydrogen) atoms. The Morgan fingerprint density at radius 2 is 1.18 bits per heavy atom. The van der Waals surface area contributed by atoms with E-state index in [1.165, 1.54) is 7.05 Å². The summed E-state index contributed by atoms with van der Waals surface area (Å²) in [5.41, 5.74) is 8.44. The van der Waals surface area contributed by atoms with Crippen LogP contribution >= 0.6 is 12.4 Å². The lowest BCUT2D eigenvalue weighted by molar-refractivity contribution is 0.0698. The van der Waals surface area contributed by atoms with Crippen LogP contribution in [-0.4, -0.2) is 47.7 Å². The van der Waals surface area contributed by atoms with Gasteiger partial charge in [0.25, 0.3) is 0 Å². The van der Waals surface area contributed by atoms with Gasteiger partial charge in [-0.2, -0.15) is 0 Å². The second kappa shape index (κ2) is 10.1. The number of halogens is 1. The molecule has 72 valence electrons. The monoisotopic (exact) mass is 188 g/mol. The number of aliphatic hydroxyl groups is 3. The van der Waals surface area contributed by atoms with E-state index >= 15 is 0 Å². The molecule has 0 aromatic rings. The van der Waals surface area contributed by atoms with Gasteiger partial charge >= 0.3 is 0 Å². The van der Waals surface area contributed by atoms with Gasteiger partial charge in [-0.05, 0) is 7.05 Å². The average molecular weight is 189 g/mol. The van der Waals surface area contributed by atoms with Gasteiger partial charge in [0.05, 0.1) is 25.4 Å². The summed E-state index contributed by atoms with van der Waals surface area (Å²) in [6, 6.07) is 0. The minimum Gasteiger partial charge on any atom is -0.394 e. The first-order valence-corrected chi connectivity index (χ1v) is 2.88.